The number of halogens is 4. The average Bonchev–Trinajstić information content (AvgIpc) is 3.30. The Morgan fingerprint density at radius 3 is 2.49 bits per heavy atom. The molecule has 0 aliphatic carbocycles. The number of nitrogens with one attached hydrogen (secondary N) is 2. The predicted molar refractivity (Wildman–Crippen MR) is 139 cm³/mol. The zero-order chi connectivity index (χ0) is 27.8. The molecule has 0 aliphatic rings. The number of hydrogen-bond donors (Lipinski definition) is 2. The molecule has 39 heavy (non-hydrogen) atoms. The molecule has 0 fully saturated rings. The van der Waals surface area contributed by atoms with Gasteiger partial charge >= 0.3 is 11.4 Å². The van der Waals surface area contributed by atoms with Crippen LogP contribution in [-0.4, -0.2) is 31.2 Å². The van der Waals surface area contributed by atoms with Crippen molar-refractivity contribution in [3.8, 4) is 5.19 Å². The van der Waals surface area contributed by atoms with E-state index in [-0.39, 0.29) is 27.8 Å². The number of hydrogen-bond acceptors (Lipinski definition) is 8. The Bertz CT molecular complexity index is 1900. The van der Waals surface area contributed by atoms with E-state index in [4.69, 9.17) is 16.3 Å². The summed E-state index contributed by atoms with van der Waals surface area (Å²) in [4.78, 5) is 49.2. The topological polar surface area (TPSA) is 124 Å². The summed E-state index contributed by atoms with van der Waals surface area (Å²) in [6.07, 6.45) is 1.38. The van der Waals surface area contributed by atoms with Gasteiger partial charge in [-0.15, -0.1) is 0 Å². The summed E-state index contributed by atoms with van der Waals surface area (Å²) in [6, 6.07) is 7.50. The fourth-order valence-corrected chi connectivity index (χ4v) is 4.77. The van der Waals surface area contributed by atoms with Gasteiger partial charge in [0.15, 0.2) is 17.5 Å². The van der Waals surface area contributed by atoms with Crippen LogP contribution in [0.4, 0.5) is 24.8 Å². The molecule has 0 amide bonds. The second-order valence-electron chi connectivity index (χ2n) is 8.18. The first-order valence-electron chi connectivity index (χ1n) is 11.1. The van der Waals surface area contributed by atoms with Crippen LogP contribution in [0.1, 0.15) is 11.1 Å². The largest absolute Gasteiger partial charge is 0.473 e. The number of rotatable bonds is 7. The van der Waals surface area contributed by atoms with Crippen molar-refractivity contribution >= 4 is 44.8 Å². The molecule has 0 atom stereocenters. The van der Waals surface area contributed by atoms with Gasteiger partial charge in [0.1, 0.15) is 0 Å². The van der Waals surface area contributed by atoms with Crippen LogP contribution in [0, 0.1) is 17.5 Å². The first kappa shape index (κ1) is 26.2. The quantitative estimate of drug-likeness (QED) is 0.284. The molecule has 0 saturated carbocycles. The highest BCUT2D eigenvalue weighted by Gasteiger charge is 2.19. The van der Waals surface area contributed by atoms with Crippen LogP contribution in [0.25, 0.3) is 10.2 Å². The summed E-state index contributed by atoms with van der Waals surface area (Å²) >= 11 is 7.61. The van der Waals surface area contributed by atoms with Crippen molar-refractivity contribution in [1.82, 2.24) is 24.1 Å². The van der Waals surface area contributed by atoms with Crippen LogP contribution in [0.3, 0.4) is 0 Å². The minimum absolute atomic E-state index is 0.0947. The second kappa shape index (κ2) is 10.4. The average molecular weight is 577 g/mol. The van der Waals surface area contributed by atoms with Crippen LogP contribution >= 0.6 is 22.9 Å². The van der Waals surface area contributed by atoms with E-state index in [2.05, 4.69) is 20.3 Å². The number of pyridine rings is 1. The summed E-state index contributed by atoms with van der Waals surface area (Å²) in [5.41, 5.74) is -1.74. The number of anilines is 2. The fraction of sp³-hybridized carbons (Fsp3) is 0.125. The van der Waals surface area contributed by atoms with Gasteiger partial charge in [0, 0.05) is 11.8 Å². The minimum Gasteiger partial charge on any atom is -0.473 e. The molecular formula is C24H16ClF3N6O4S. The third kappa shape index (κ3) is 5.15. The number of thiazole rings is 1. The maximum absolute atomic E-state index is 13.9. The van der Waals surface area contributed by atoms with Crippen LogP contribution < -0.4 is 27.0 Å². The molecule has 5 rings (SSSR count). The van der Waals surface area contributed by atoms with E-state index in [1.165, 1.54) is 42.8 Å². The Labute approximate surface area is 224 Å². The van der Waals surface area contributed by atoms with Crippen LogP contribution in [0.15, 0.2) is 57.0 Å². The molecule has 0 spiro atoms. The molecule has 2 N–H and O–H groups in total. The molecule has 0 aliphatic heterocycles. The number of fused-ring (bicyclic) bond motifs is 1. The maximum Gasteiger partial charge on any atom is 0.355 e. The van der Waals surface area contributed by atoms with Crippen molar-refractivity contribution in [1.29, 1.82) is 0 Å². The van der Waals surface area contributed by atoms with Crippen LogP contribution in [-0.2, 0) is 13.1 Å². The Balaban J connectivity index is 1.65. The van der Waals surface area contributed by atoms with Gasteiger partial charge < -0.3 is 15.0 Å². The summed E-state index contributed by atoms with van der Waals surface area (Å²) in [5, 5.41) is 3.36. The molecule has 15 heteroatoms. The van der Waals surface area contributed by atoms with E-state index in [0.717, 1.165) is 4.57 Å². The molecule has 0 radical (unpaired) electrons. The lowest BCUT2D eigenvalue weighted by Crippen LogP contribution is -2.43. The molecule has 10 nitrogen and oxygen atoms in total. The number of ether oxygens (including phenoxy) is 1. The second-order valence-corrected chi connectivity index (χ2v) is 9.58. The maximum atomic E-state index is 13.9. The van der Waals surface area contributed by atoms with Crippen LogP contribution in [0.5, 0.6) is 5.19 Å². The van der Waals surface area contributed by atoms with Crippen molar-refractivity contribution in [2.24, 2.45) is 0 Å². The fourth-order valence-electron chi connectivity index (χ4n) is 3.77. The molecule has 0 bridgehead atoms. The smallest absolute Gasteiger partial charge is 0.355 e. The van der Waals surface area contributed by atoms with Gasteiger partial charge in [0.05, 0.1) is 41.1 Å². The zero-order valence-corrected chi connectivity index (χ0v) is 21.4. The molecule has 0 saturated heterocycles. The molecule has 200 valence electrons. The summed E-state index contributed by atoms with van der Waals surface area (Å²) in [6.45, 7) is -0.942. The number of nitrogens with zero attached hydrogens (tertiary/aromatic N) is 4. The molecule has 5 aromatic rings. The minimum atomic E-state index is -1.67. The first-order valence-corrected chi connectivity index (χ1v) is 12.3. The van der Waals surface area contributed by atoms with E-state index < -0.39 is 47.5 Å². The highest BCUT2D eigenvalue weighted by molar-refractivity contribution is 7.20. The van der Waals surface area contributed by atoms with Gasteiger partial charge in [-0.25, -0.2) is 32.3 Å². The third-order valence-corrected chi connectivity index (χ3v) is 6.93. The lowest BCUT2D eigenvalue weighted by molar-refractivity contribution is 0.413. The summed E-state index contributed by atoms with van der Waals surface area (Å²) in [5.74, 6) is -4.91. The summed E-state index contributed by atoms with van der Waals surface area (Å²) < 4.78 is 48.8. The van der Waals surface area contributed by atoms with Crippen molar-refractivity contribution in [2.45, 2.75) is 13.1 Å². The van der Waals surface area contributed by atoms with E-state index in [0.29, 0.717) is 32.1 Å². The van der Waals surface area contributed by atoms with E-state index >= 15 is 0 Å². The molecular weight excluding hydrogens is 561 g/mol. The number of methoxy groups -OCH3 is 1. The SMILES string of the molecule is COc1nc2cc(Cl)c(Nc3nc(=O)n(Cc4ccc[nH]c4=O)c(=O)n3Cc3cc(F)c(F)c(F)c3)cc2s1. The molecule has 0 unspecified atom stereocenters. The normalized spacial score (nSPS) is 11.2. The Morgan fingerprint density at radius 2 is 1.79 bits per heavy atom. The number of aromatic amines is 1. The van der Waals surface area contributed by atoms with Gasteiger partial charge in [-0.1, -0.05) is 29.0 Å². The Morgan fingerprint density at radius 1 is 1.05 bits per heavy atom. The summed E-state index contributed by atoms with van der Waals surface area (Å²) in [7, 11) is 1.46. The zero-order valence-electron chi connectivity index (χ0n) is 19.8. The van der Waals surface area contributed by atoms with Gasteiger partial charge in [0.2, 0.25) is 5.95 Å². The molecule has 2 aromatic carbocycles. The van der Waals surface area contributed by atoms with Crippen molar-refractivity contribution in [3.63, 3.8) is 0 Å². The monoisotopic (exact) mass is 576 g/mol. The molecule has 3 aromatic heterocycles. The van der Waals surface area contributed by atoms with E-state index in [1.807, 2.05) is 0 Å². The first-order chi connectivity index (χ1) is 18.6. The van der Waals surface area contributed by atoms with Crippen molar-refractivity contribution in [3.05, 3.63) is 108 Å². The highest BCUT2D eigenvalue weighted by Crippen LogP contribution is 2.35. The van der Waals surface area contributed by atoms with Crippen LogP contribution in [0.2, 0.25) is 5.02 Å². The number of benzene rings is 2. The Kier molecular flexibility index (Phi) is 6.97. The standard InChI is InChI=1S/C24H16ClF3N6O4S/c1-38-23-31-17-7-13(25)16(8-18(17)39-23)30-21-32-22(36)34(10-12-3-2-4-29-20(12)35)24(37)33(21)9-11-5-14(26)19(28)15(27)6-11/h2-8H,9-10H2,1H3,(H,29,35)(H,30,32,36). The van der Waals surface area contributed by atoms with Crippen molar-refractivity contribution in [2.75, 3.05) is 12.4 Å². The van der Waals surface area contributed by atoms with Gasteiger partial charge in [0.25, 0.3) is 10.8 Å². The lowest BCUT2D eigenvalue weighted by Gasteiger charge is -2.16. The lowest BCUT2D eigenvalue weighted by atomic mass is 10.2. The van der Waals surface area contributed by atoms with E-state index in [9.17, 15) is 27.6 Å². The highest BCUT2D eigenvalue weighted by atomic mass is 35.5. The van der Waals surface area contributed by atoms with Gasteiger partial charge in [-0.2, -0.15) is 4.98 Å². The van der Waals surface area contributed by atoms with Crippen molar-refractivity contribution < 1.29 is 17.9 Å². The third-order valence-electron chi connectivity index (χ3n) is 5.64. The molecule has 3 heterocycles. The van der Waals surface area contributed by atoms with Gasteiger partial charge in [-0.3, -0.25) is 9.36 Å². The van der Waals surface area contributed by atoms with Gasteiger partial charge in [-0.05, 0) is 35.9 Å². The van der Waals surface area contributed by atoms with E-state index in [1.54, 1.807) is 6.07 Å². The number of H-pyrrole nitrogens is 1. The predicted octanol–water partition coefficient (Wildman–Crippen LogP) is 3.62. The Hall–Kier alpha value is -4.43. The number of aromatic nitrogens is 5.